The average molecular weight is 418 g/mol. The Hall–Kier alpha value is -2.36. The molecule has 7 nitrogen and oxygen atoms in total. The Labute approximate surface area is 166 Å². The van der Waals surface area contributed by atoms with Crippen LogP contribution in [0, 0.1) is 10.1 Å². The zero-order valence-corrected chi connectivity index (χ0v) is 16.7. The van der Waals surface area contributed by atoms with Crippen molar-refractivity contribution >= 4 is 37.3 Å². The highest BCUT2D eigenvalue weighted by Crippen LogP contribution is 2.37. The van der Waals surface area contributed by atoms with Gasteiger partial charge in [-0.25, -0.2) is 13.4 Å². The lowest BCUT2D eigenvalue weighted by atomic mass is 10.1. The maximum atomic E-state index is 13.1. The summed E-state index contributed by atoms with van der Waals surface area (Å²) in [6, 6.07) is 13.2. The molecule has 2 heterocycles. The summed E-state index contributed by atoms with van der Waals surface area (Å²) in [5.74, 6) is -0.174. The lowest BCUT2D eigenvalue weighted by Gasteiger charge is -2.33. The number of benzene rings is 2. The van der Waals surface area contributed by atoms with E-state index in [0.717, 1.165) is 34.5 Å². The van der Waals surface area contributed by atoms with Gasteiger partial charge < -0.3 is 0 Å². The Kier molecular flexibility index (Phi) is 5.13. The molecule has 1 saturated heterocycles. The van der Waals surface area contributed by atoms with Gasteiger partial charge in [-0.05, 0) is 30.5 Å². The van der Waals surface area contributed by atoms with Crippen molar-refractivity contribution in [1.29, 1.82) is 0 Å². The van der Waals surface area contributed by atoms with E-state index in [0.29, 0.717) is 12.1 Å². The molecule has 0 N–H and O–H groups in total. The van der Waals surface area contributed by atoms with Crippen molar-refractivity contribution in [2.75, 3.05) is 6.54 Å². The number of fused-ring (bicyclic) bond motifs is 1. The molecule has 2 aromatic carbocycles. The van der Waals surface area contributed by atoms with Crippen LogP contribution in [0.1, 0.15) is 35.9 Å². The van der Waals surface area contributed by atoms with E-state index in [1.54, 1.807) is 15.6 Å². The van der Waals surface area contributed by atoms with Crippen LogP contribution in [0.15, 0.2) is 48.5 Å². The third kappa shape index (κ3) is 3.78. The van der Waals surface area contributed by atoms with Crippen LogP contribution in [-0.2, 0) is 15.8 Å². The highest BCUT2D eigenvalue weighted by atomic mass is 32.2. The number of nitro groups is 1. The lowest BCUT2D eigenvalue weighted by Crippen LogP contribution is -2.39. The summed E-state index contributed by atoms with van der Waals surface area (Å²) >= 11 is 1.54. The molecule has 0 aliphatic carbocycles. The number of non-ortho nitro benzene ring substituents is 1. The average Bonchev–Trinajstić information content (AvgIpc) is 3.12. The van der Waals surface area contributed by atoms with E-state index in [2.05, 4.69) is 4.98 Å². The predicted octanol–water partition coefficient (Wildman–Crippen LogP) is 4.26. The number of hydrogen-bond acceptors (Lipinski definition) is 6. The van der Waals surface area contributed by atoms with Crippen molar-refractivity contribution in [3.8, 4) is 0 Å². The van der Waals surface area contributed by atoms with E-state index in [1.165, 1.54) is 24.3 Å². The second kappa shape index (κ2) is 7.57. The molecule has 0 spiro atoms. The van der Waals surface area contributed by atoms with Crippen LogP contribution < -0.4 is 0 Å². The number of hydrogen-bond donors (Lipinski definition) is 0. The third-order valence-electron chi connectivity index (χ3n) is 4.90. The molecule has 0 amide bonds. The molecule has 9 heteroatoms. The summed E-state index contributed by atoms with van der Waals surface area (Å²) < 4.78 is 28.9. The molecular weight excluding hydrogens is 398 g/mol. The van der Waals surface area contributed by atoms with Gasteiger partial charge in [0.15, 0.2) is 0 Å². The molecule has 1 fully saturated rings. The Morgan fingerprint density at radius 3 is 2.61 bits per heavy atom. The summed E-state index contributed by atoms with van der Waals surface area (Å²) in [5, 5.41) is 11.6. The fraction of sp³-hybridized carbons (Fsp3) is 0.316. The van der Waals surface area contributed by atoms with Crippen molar-refractivity contribution in [3.05, 3.63) is 69.2 Å². The number of sulfonamides is 1. The first-order valence-corrected chi connectivity index (χ1v) is 11.4. The van der Waals surface area contributed by atoms with Gasteiger partial charge in [-0.2, -0.15) is 4.31 Å². The zero-order chi connectivity index (χ0) is 19.7. The minimum atomic E-state index is -3.57. The first-order chi connectivity index (χ1) is 13.4. The topological polar surface area (TPSA) is 93.4 Å². The van der Waals surface area contributed by atoms with E-state index < -0.39 is 14.9 Å². The number of aromatic nitrogens is 1. The van der Waals surface area contributed by atoms with E-state index in [4.69, 9.17) is 0 Å². The molecule has 0 saturated carbocycles. The van der Waals surface area contributed by atoms with Crippen LogP contribution in [-0.4, -0.2) is 29.2 Å². The van der Waals surface area contributed by atoms with E-state index in [1.807, 2.05) is 24.3 Å². The smallest absolute Gasteiger partial charge is 0.258 e. The Morgan fingerprint density at radius 2 is 1.89 bits per heavy atom. The number of thiazole rings is 1. The van der Waals surface area contributed by atoms with Gasteiger partial charge in [0.25, 0.3) is 5.69 Å². The second-order valence-electron chi connectivity index (χ2n) is 6.82. The molecular formula is C19H19N3O4S2. The van der Waals surface area contributed by atoms with Crippen molar-refractivity contribution in [1.82, 2.24) is 9.29 Å². The van der Waals surface area contributed by atoms with E-state index >= 15 is 0 Å². The van der Waals surface area contributed by atoms with Gasteiger partial charge in [-0.1, -0.05) is 30.7 Å². The fourth-order valence-corrected chi connectivity index (χ4v) is 6.49. The highest BCUT2D eigenvalue weighted by molar-refractivity contribution is 7.88. The standard InChI is InChI=1S/C19H19N3O4S2/c23-22(24)15-10-8-14(9-11-15)13-28(25,26)21-12-4-3-6-17(21)19-20-16-5-1-2-7-18(16)27-19/h1-2,5,7-11,17H,3-4,6,12-13H2. The third-order valence-corrected chi connectivity index (χ3v) is 7.89. The maximum absolute atomic E-state index is 13.1. The molecule has 1 aromatic heterocycles. The summed E-state index contributed by atoms with van der Waals surface area (Å²) in [6.45, 7) is 0.468. The molecule has 146 valence electrons. The van der Waals surface area contributed by atoms with Gasteiger partial charge in [0.1, 0.15) is 5.01 Å². The zero-order valence-electron chi connectivity index (χ0n) is 15.0. The minimum absolute atomic E-state index is 0.0496. The maximum Gasteiger partial charge on any atom is 0.269 e. The van der Waals surface area contributed by atoms with Gasteiger partial charge in [0, 0.05) is 18.7 Å². The van der Waals surface area contributed by atoms with Crippen molar-refractivity contribution in [2.45, 2.75) is 31.1 Å². The minimum Gasteiger partial charge on any atom is -0.258 e. The first-order valence-electron chi connectivity index (χ1n) is 9.02. The van der Waals surface area contributed by atoms with Gasteiger partial charge in [-0.3, -0.25) is 10.1 Å². The van der Waals surface area contributed by atoms with Crippen molar-refractivity contribution in [2.24, 2.45) is 0 Å². The molecule has 28 heavy (non-hydrogen) atoms. The van der Waals surface area contributed by atoms with Gasteiger partial charge in [0.05, 0.1) is 26.9 Å². The number of piperidine rings is 1. The van der Waals surface area contributed by atoms with Crippen LogP contribution >= 0.6 is 11.3 Å². The largest absolute Gasteiger partial charge is 0.269 e. The lowest BCUT2D eigenvalue weighted by molar-refractivity contribution is -0.384. The Morgan fingerprint density at radius 1 is 1.14 bits per heavy atom. The SMILES string of the molecule is O=[N+]([O-])c1ccc(CS(=O)(=O)N2CCCCC2c2nc3ccccc3s2)cc1. The fourth-order valence-electron chi connectivity index (χ4n) is 3.52. The first kappa shape index (κ1) is 19.0. The van der Waals surface area contributed by atoms with Gasteiger partial charge in [0.2, 0.25) is 10.0 Å². The molecule has 1 unspecified atom stereocenters. The Bertz CT molecular complexity index is 1080. The number of nitrogens with zero attached hydrogens (tertiary/aromatic N) is 3. The number of nitro benzene ring substituents is 1. The quantitative estimate of drug-likeness (QED) is 0.457. The molecule has 4 rings (SSSR count). The molecule has 1 aliphatic heterocycles. The van der Waals surface area contributed by atoms with Crippen molar-refractivity contribution < 1.29 is 13.3 Å². The van der Waals surface area contributed by atoms with Crippen LogP contribution in [0.2, 0.25) is 0 Å². The Balaban J connectivity index is 1.61. The summed E-state index contributed by atoms with van der Waals surface area (Å²) in [5.41, 5.74) is 1.38. The van der Waals surface area contributed by atoms with Gasteiger partial charge in [-0.15, -0.1) is 11.3 Å². The molecule has 3 aromatic rings. The summed E-state index contributed by atoms with van der Waals surface area (Å²) in [7, 11) is -3.57. The molecule has 1 atom stereocenters. The van der Waals surface area contributed by atoms with Crippen LogP contribution in [0.4, 0.5) is 5.69 Å². The number of rotatable bonds is 5. The van der Waals surface area contributed by atoms with Gasteiger partial charge >= 0.3 is 0 Å². The molecule has 0 bridgehead atoms. The molecule has 1 aliphatic rings. The second-order valence-corrected chi connectivity index (χ2v) is 9.81. The number of para-hydroxylation sites is 1. The summed E-state index contributed by atoms with van der Waals surface area (Å²) in [4.78, 5) is 15.0. The van der Waals surface area contributed by atoms with Crippen LogP contribution in [0.5, 0.6) is 0 Å². The molecule has 0 radical (unpaired) electrons. The summed E-state index contributed by atoms with van der Waals surface area (Å²) in [6.07, 6.45) is 2.53. The van der Waals surface area contributed by atoms with Crippen LogP contribution in [0.3, 0.4) is 0 Å². The predicted molar refractivity (Wildman–Crippen MR) is 109 cm³/mol. The van der Waals surface area contributed by atoms with E-state index in [-0.39, 0.29) is 17.5 Å². The van der Waals surface area contributed by atoms with E-state index in [9.17, 15) is 18.5 Å². The normalized spacial score (nSPS) is 18.4. The monoisotopic (exact) mass is 417 g/mol. The highest BCUT2D eigenvalue weighted by Gasteiger charge is 2.35. The van der Waals surface area contributed by atoms with Crippen LogP contribution in [0.25, 0.3) is 10.2 Å². The van der Waals surface area contributed by atoms with Crippen molar-refractivity contribution in [3.63, 3.8) is 0 Å².